The molecule has 0 fully saturated rings. The third-order valence-electron chi connectivity index (χ3n) is 3.75. The molecule has 0 atom stereocenters. The van der Waals surface area contributed by atoms with E-state index < -0.39 is 11.6 Å². The van der Waals surface area contributed by atoms with E-state index in [2.05, 4.69) is 30.8 Å². The lowest BCUT2D eigenvalue weighted by atomic mass is 10.1. The van der Waals surface area contributed by atoms with E-state index in [0.717, 1.165) is 29.3 Å². The molecule has 0 radical (unpaired) electrons. The molecular weight excluding hydrogens is 338 g/mol. The van der Waals surface area contributed by atoms with Gasteiger partial charge in [0.05, 0.1) is 0 Å². The van der Waals surface area contributed by atoms with E-state index in [4.69, 9.17) is 0 Å². The van der Waals surface area contributed by atoms with Crippen LogP contribution in [0.15, 0.2) is 53.8 Å². The minimum absolute atomic E-state index is 0.126. The van der Waals surface area contributed by atoms with Gasteiger partial charge >= 0.3 is 0 Å². The number of aromatic amines is 1. The highest BCUT2D eigenvalue weighted by Crippen LogP contribution is 2.15. The van der Waals surface area contributed by atoms with Gasteiger partial charge in [-0.1, -0.05) is 18.2 Å². The van der Waals surface area contributed by atoms with Crippen molar-refractivity contribution in [3.05, 3.63) is 71.6 Å². The van der Waals surface area contributed by atoms with Gasteiger partial charge < -0.3 is 10.6 Å². The van der Waals surface area contributed by atoms with Gasteiger partial charge in [-0.2, -0.15) is 5.10 Å². The van der Waals surface area contributed by atoms with Crippen molar-refractivity contribution in [2.75, 3.05) is 7.05 Å². The van der Waals surface area contributed by atoms with Gasteiger partial charge in [0.1, 0.15) is 18.0 Å². The van der Waals surface area contributed by atoms with Crippen molar-refractivity contribution in [1.82, 2.24) is 25.8 Å². The topological polar surface area (TPSA) is 78.0 Å². The molecule has 134 valence electrons. The number of aliphatic imine (C=N–C) groups is 1. The molecule has 3 N–H and O–H groups in total. The number of rotatable bonds is 5. The molecule has 0 amide bonds. The van der Waals surface area contributed by atoms with Crippen LogP contribution in [-0.2, 0) is 13.1 Å². The standard InChI is InChI=1S/C18H18F2N6/c1-21-18(23-10-14-8-15(19)5-6-16(14)20)22-9-12-3-2-4-13(7-12)17-24-11-25-26-17/h2-8,11H,9-10H2,1H3,(H2,21,22,23)(H,24,25,26). The second-order valence-electron chi connectivity index (χ2n) is 5.55. The number of hydrogen-bond acceptors (Lipinski definition) is 3. The second kappa shape index (κ2) is 8.19. The van der Waals surface area contributed by atoms with Crippen LogP contribution < -0.4 is 10.6 Å². The van der Waals surface area contributed by atoms with E-state index in [-0.39, 0.29) is 12.1 Å². The molecule has 0 spiro atoms. The van der Waals surface area contributed by atoms with Crippen LogP contribution in [0, 0.1) is 11.6 Å². The van der Waals surface area contributed by atoms with Gasteiger partial charge in [-0.25, -0.2) is 13.8 Å². The van der Waals surface area contributed by atoms with Gasteiger partial charge in [-0.05, 0) is 29.8 Å². The Morgan fingerprint density at radius 1 is 1.12 bits per heavy atom. The number of hydrogen-bond donors (Lipinski definition) is 3. The van der Waals surface area contributed by atoms with E-state index in [1.165, 1.54) is 6.33 Å². The third-order valence-corrected chi connectivity index (χ3v) is 3.75. The van der Waals surface area contributed by atoms with Gasteiger partial charge in [-0.15, -0.1) is 0 Å². The molecule has 3 rings (SSSR count). The summed E-state index contributed by atoms with van der Waals surface area (Å²) in [6.07, 6.45) is 1.46. The monoisotopic (exact) mass is 356 g/mol. The molecule has 0 saturated carbocycles. The van der Waals surface area contributed by atoms with Crippen LogP contribution in [0.2, 0.25) is 0 Å². The fraction of sp³-hybridized carbons (Fsp3) is 0.167. The molecule has 0 unspecified atom stereocenters. The minimum atomic E-state index is -0.477. The fourth-order valence-corrected chi connectivity index (χ4v) is 2.44. The van der Waals surface area contributed by atoms with Crippen LogP contribution in [0.1, 0.15) is 11.1 Å². The average Bonchev–Trinajstić information content (AvgIpc) is 3.19. The minimum Gasteiger partial charge on any atom is -0.352 e. The zero-order valence-electron chi connectivity index (χ0n) is 14.1. The first-order valence-corrected chi connectivity index (χ1v) is 7.99. The number of guanidine groups is 1. The molecule has 0 bridgehead atoms. The van der Waals surface area contributed by atoms with Crippen molar-refractivity contribution >= 4 is 5.96 Å². The predicted octanol–water partition coefficient (Wildman–Crippen LogP) is 2.62. The maximum absolute atomic E-state index is 13.7. The van der Waals surface area contributed by atoms with Gasteiger partial charge in [0.2, 0.25) is 0 Å². The summed E-state index contributed by atoms with van der Waals surface area (Å²) in [5.41, 5.74) is 2.17. The first kappa shape index (κ1) is 17.5. The molecule has 0 aliphatic carbocycles. The quantitative estimate of drug-likeness (QED) is 0.485. The molecule has 8 heteroatoms. The average molecular weight is 356 g/mol. The Labute approximate surface area is 149 Å². The molecule has 3 aromatic rings. The molecule has 0 aliphatic heterocycles. The van der Waals surface area contributed by atoms with Crippen LogP contribution in [0.25, 0.3) is 11.4 Å². The van der Waals surface area contributed by atoms with Crippen LogP contribution >= 0.6 is 0 Å². The first-order valence-electron chi connectivity index (χ1n) is 7.99. The number of H-pyrrole nitrogens is 1. The Hall–Kier alpha value is -3.29. The SMILES string of the molecule is CN=C(NCc1cccc(-c2ncn[nH]2)c1)NCc1cc(F)ccc1F. The van der Waals surface area contributed by atoms with Crippen molar-refractivity contribution < 1.29 is 8.78 Å². The highest BCUT2D eigenvalue weighted by atomic mass is 19.1. The summed E-state index contributed by atoms with van der Waals surface area (Å²) in [4.78, 5) is 8.22. The maximum atomic E-state index is 13.7. The van der Waals surface area contributed by atoms with Gasteiger partial charge in [0.15, 0.2) is 11.8 Å². The number of aromatic nitrogens is 3. The smallest absolute Gasteiger partial charge is 0.191 e. The van der Waals surface area contributed by atoms with E-state index in [1.807, 2.05) is 24.3 Å². The van der Waals surface area contributed by atoms with E-state index in [1.54, 1.807) is 7.05 Å². The maximum Gasteiger partial charge on any atom is 0.191 e. The van der Waals surface area contributed by atoms with Crippen molar-refractivity contribution in [2.24, 2.45) is 4.99 Å². The molecular formula is C18H18F2N6. The highest BCUT2D eigenvalue weighted by Gasteiger charge is 2.06. The number of nitrogens with zero attached hydrogens (tertiary/aromatic N) is 3. The lowest BCUT2D eigenvalue weighted by molar-refractivity contribution is 0.581. The Bertz CT molecular complexity index is 892. The summed E-state index contributed by atoms with van der Waals surface area (Å²) in [6, 6.07) is 11.2. The summed E-state index contributed by atoms with van der Waals surface area (Å²) in [5, 5.41) is 12.8. The number of benzene rings is 2. The van der Waals surface area contributed by atoms with Crippen molar-refractivity contribution in [1.29, 1.82) is 0 Å². The molecule has 6 nitrogen and oxygen atoms in total. The van der Waals surface area contributed by atoms with Crippen molar-refractivity contribution in [3.63, 3.8) is 0 Å². The Morgan fingerprint density at radius 2 is 1.96 bits per heavy atom. The summed E-state index contributed by atoms with van der Waals surface area (Å²) in [5.74, 6) is 0.235. The third kappa shape index (κ3) is 4.41. The zero-order valence-corrected chi connectivity index (χ0v) is 14.1. The van der Waals surface area contributed by atoms with E-state index >= 15 is 0 Å². The predicted molar refractivity (Wildman–Crippen MR) is 95.2 cm³/mol. The molecule has 26 heavy (non-hydrogen) atoms. The van der Waals surface area contributed by atoms with Gasteiger partial charge in [-0.3, -0.25) is 10.1 Å². The second-order valence-corrected chi connectivity index (χ2v) is 5.55. The number of halogens is 2. The van der Waals surface area contributed by atoms with Crippen molar-refractivity contribution in [3.8, 4) is 11.4 Å². The van der Waals surface area contributed by atoms with Gasteiger partial charge in [0, 0.05) is 31.3 Å². The fourth-order valence-electron chi connectivity index (χ4n) is 2.44. The molecule has 0 aliphatic rings. The van der Waals surface area contributed by atoms with Gasteiger partial charge in [0.25, 0.3) is 0 Å². The lowest BCUT2D eigenvalue weighted by Gasteiger charge is -2.13. The van der Waals surface area contributed by atoms with Crippen LogP contribution in [0.3, 0.4) is 0 Å². The summed E-state index contributed by atoms with van der Waals surface area (Å²) in [6.45, 7) is 0.634. The van der Waals surface area contributed by atoms with Crippen LogP contribution in [0.4, 0.5) is 8.78 Å². The number of nitrogens with one attached hydrogen (secondary N) is 3. The van der Waals surface area contributed by atoms with Crippen LogP contribution in [0.5, 0.6) is 0 Å². The first-order chi connectivity index (χ1) is 12.7. The lowest BCUT2D eigenvalue weighted by Crippen LogP contribution is -2.36. The zero-order chi connectivity index (χ0) is 18.4. The van der Waals surface area contributed by atoms with Crippen LogP contribution in [-0.4, -0.2) is 28.2 Å². The summed E-state index contributed by atoms with van der Waals surface area (Å²) in [7, 11) is 1.61. The largest absolute Gasteiger partial charge is 0.352 e. The Morgan fingerprint density at radius 3 is 2.73 bits per heavy atom. The molecule has 1 aromatic heterocycles. The van der Waals surface area contributed by atoms with Crippen molar-refractivity contribution in [2.45, 2.75) is 13.1 Å². The molecule has 1 heterocycles. The summed E-state index contributed by atoms with van der Waals surface area (Å²) >= 11 is 0. The molecule has 2 aromatic carbocycles. The Kier molecular flexibility index (Phi) is 5.52. The normalized spacial score (nSPS) is 11.4. The molecule has 0 saturated heterocycles. The van der Waals surface area contributed by atoms with E-state index in [0.29, 0.717) is 18.3 Å². The summed E-state index contributed by atoms with van der Waals surface area (Å²) < 4.78 is 26.9. The Balaban J connectivity index is 1.59. The van der Waals surface area contributed by atoms with E-state index in [9.17, 15) is 8.78 Å². The highest BCUT2D eigenvalue weighted by molar-refractivity contribution is 5.79.